The minimum Gasteiger partial charge on any atom is -0.317 e. The van der Waals surface area contributed by atoms with Gasteiger partial charge in [0.05, 0.1) is 6.54 Å². The lowest BCUT2D eigenvalue weighted by atomic mass is 10.1. The van der Waals surface area contributed by atoms with Gasteiger partial charge in [-0.1, -0.05) is 23.7 Å². The van der Waals surface area contributed by atoms with Crippen molar-refractivity contribution in [2.75, 3.05) is 0 Å². The standard InChI is InChI=1S/C13H17ClN4/c1-9(11-4-6-12(14)7-5-11)15-8-13-17-16-10(2)18(13)3/h4-7,9,15H,8H2,1-3H3/t9-/m0/s1. The molecular formula is C13H17ClN4. The molecule has 0 saturated carbocycles. The summed E-state index contributed by atoms with van der Waals surface area (Å²) >= 11 is 5.87. The third-order valence-electron chi connectivity index (χ3n) is 3.12. The molecule has 2 rings (SSSR count). The van der Waals surface area contributed by atoms with Gasteiger partial charge in [0.25, 0.3) is 0 Å². The van der Waals surface area contributed by atoms with Crippen molar-refractivity contribution in [3.8, 4) is 0 Å². The summed E-state index contributed by atoms with van der Waals surface area (Å²) in [5.74, 6) is 1.86. The van der Waals surface area contributed by atoms with Crippen LogP contribution in [0.3, 0.4) is 0 Å². The van der Waals surface area contributed by atoms with Crippen molar-refractivity contribution in [1.29, 1.82) is 0 Å². The number of aromatic nitrogens is 3. The maximum Gasteiger partial charge on any atom is 0.146 e. The molecule has 1 aromatic carbocycles. The first-order valence-corrected chi connectivity index (χ1v) is 6.29. The number of hydrogen-bond acceptors (Lipinski definition) is 3. The van der Waals surface area contributed by atoms with E-state index in [0.717, 1.165) is 16.7 Å². The van der Waals surface area contributed by atoms with Gasteiger partial charge in [-0.3, -0.25) is 0 Å². The van der Waals surface area contributed by atoms with E-state index in [2.05, 4.69) is 22.4 Å². The van der Waals surface area contributed by atoms with E-state index in [1.807, 2.05) is 42.8 Å². The molecular weight excluding hydrogens is 248 g/mol. The van der Waals surface area contributed by atoms with E-state index in [1.165, 1.54) is 5.56 Å². The highest BCUT2D eigenvalue weighted by atomic mass is 35.5. The van der Waals surface area contributed by atoms with E-state index >= 15 is 0 Å². The quantitative estimate of drug-likeness (QED) is 0.923. The molecule has 0 amide bonds. The van der Waals surface area contributed by atoms with Gasteiger partial charge in [0.1, 0.15) is 11.6 Å². The summed E-state index contributed by atoms with van der Waals surface area (Å²) < 4.78 is 1.99. The SMILES string of the molecule is Cc1nnc(CN[C@@H](C)c2ccc(Cl)cc2)n1C. The molecule has 0 saturated heterocycles. The Bertz CT molecular complexity index is 518. The first-order valence-electron chi connectivity index (χ1n) is 5.91. The van der Waals surface area contributed by atoms with E-state index in [1.54, 1.807) is 0 Å². The molecule has 0 aliphatic rings. The fraction of sp³-hybridized carbons (Fsp3) is 0.385. The third-order valence-corrected chi connectivity index (χ3v) is 3.37. The van der Waals surface area contributed by atoms with Crippen LogP contribution in [-0.2, 0) is 13.6 Å². The fourth-order valence-corrected chi connectivity index (χ4v) is 1.84. The van der Waals surface area contributed by atoms with Crippen LogP contribution in [-0.4, -0.2) is 14.8 Å². The first-order chi connectivity index (χ1) is 8.58. The van der Waals surface area contributed by atoms with Gasteiger partial charge in [-0.05, 0) is 31.5 Å². The molecule has 0 unspecified atom stereocenters. The molecule has 0 spiro atoms. The number of nitrogens with one attached hydrogen (secondary N) is 1. The molecule has 1 aromatic heterocycles. The largest absolute Gasteiger partial charge is 0.317 e. The maximum absolute atomic E-state index is 5.87. The highest BCUT2D eigenvalue weighted by molar-refractivity contribution is 6.30. The number of aryl methyl sites for hydroxylation is 1. The number of benzene rings is 1. The third kappa shape index (κ3) is 2.89. The lowest BCUT2D eigenvalue weighted by molar-refractivity contribution is 0.547. The number of rotatable bonds is 4. The molecule has 5 heteroatoms. The van der Waals surface area contributed by atoms with Gasteiger partial charge in [-0.25, -0.2) is 0 Å². The van der Waals surface area contributed by atoms with Gasteiger partial charge >= 0.3 is 0 Å². The normalized spacial score (nSPS) is 12.7. The molecule has 0 aliphatic heterocycles. The summed E-state index contributed by atoms with van der Waals surface area (Å²) in [6.07, 6.45) is 0. The Morgan fingerprint density at radius 1 is 1.28 bits per heavy atom. The summed E-state index contributed by atoms with van der Waals surface area (Å²) in [7, 11) is 1.97. The van der Waals surface area contributed by atoms with Gasteiger partial charge in [0.2, 0.25) is 0 Å². The molecule has 18 heavy (non-hydrogen) atoms. The minimum absolute atomic E-state index is 0.249. The smallest absolute Gasteiger partial charge is 0.146 e. The second-order valence-corrected chi connectivity index (χ2v) is 4.81. The van der Waals surface area contributed by atoms with Crippen molar-refractivity contribution in [1.82, 2.24) is 20.1 Å². The Kier molecular flexibility index (Phi) is 3.99. The van der Waals surface area contributed by atoms with Gasteiger partial charge in [-0.15, -0.1) is 10.2 Å². The van der Waals surface area contributed by atoms with Crippen LogP contribution >= 0.6 is 11.6 Å². The van der Waals surface area contributed by atoms with Crippen molar-refractivity contribution in [2.45, 2.75) is 26.4 Å². The summed E-state index contributed by atoms with van der Waals surface area (Å²) in [6, 6.07) is 8.12. The number of nitrogens with zero attached hydrogens (tertiary/aromatic N) is 3. The van der Waals surface area contributed by atoms with Gasteiger partial charge in [-0.2, -0.15) is 0 Å². The second-order valence-electron chi connectivity index (χ2n) is 4.38. The van der Waals surface area contributed by atoms with Crippen molar-refractivity contribution >= 4 is 11.6 Å². The fourth-order valence-electron chi connectivity index (χ4n) is 1.72. The average molecular weight is 265 g/mol. The van der Waals surface area contributed by atoms with E-state index in [4.69, 9.17) is 11.6 Å². The summed E-state index contributed by atoms with van der Waals surface area (Å²) in [4.78, 5) is 0. The topological polar surface area (TPSA) is 42.7 Å². The molecule has 0 bridgehead atoms. The predicted octanol–water partition coefficient (Wildman–Crippen LogP) is 2.63. The summed E-state index contributed by atoms with van der Waals surface area (Å²) in [5, 5.41) is 12.3. The lowest BCUT2D eigenvalue weighted by Crippen LogP contribution is -2.20. The maximum atomic E-state index is 5.87. The molecule has 2 aromatic rings. The van der Waals surface area contributed by atoms with E-state index in [0.29, 0.717) is 6.54 Å². The van der Waals surface area contributed by atoms with E-state index < -0.39 is 0 Å². The van der Waals surface area contributed by atoms with Crippen LogP contribution in [0.1, 0.15) is 30.2 Å². The number of halogens is 1. The molecule has 0 fully saturated rings. The molecule has 4 nitrogen and oxygen atoms in total. The summed E-state index contributed by atoms with van der Waals surface area (Å²) in [6.45, 7) is 4.76. The Morgan fingerprint density at radius 2 is 1.94 bits per heavy atom. The van der Waals surface area contributed by atoms with Gasteiger partial charge in [0.15, 0.2) is 0 Å². The highest BCUT2D eigenvalue weighted by Gasteiger charge is 2.08. The molecule has 0 aliphatic carbocycles. The van der Waals surface area contributed by atoms with Crippen molar-refractivity contribution in [3.05, 3.63) is 46.5 Å². The predicted molar refractivity (Wildman–Crippen MR) is 72.4 cm³/mol. The Labute approximate surface area is 112 Å². The van der Waals surface area contributed by atoms with Crippen LogP contribution < -0.4 is 5.32 Å². The summed E-state index contributed by atoms with van der Waals surface area (Å²) in [5.41, 5.74) is 1.21. The monoisotopic (exact) mass is 264 g/mol. The van der Waals surface area contributed by atoms with Crippen LogP contribution in [0.5, 0.6) is 0 Å². The molecule has 96 valence electrons. The van der Waals surface area contributed by atoms with Crippen molar-refractivity contribution in [2.24, 2.45) is 7.05 Å². The van der Waals surface area contributed by atoms with Crippen molar-refractivity contribution in [3.63, 3.8) is 0 Å². The Hall–Kier alpha value is -1.39. The van der Waals surface area contributed by atoms with Crippen LogP contribution in [0.2, 0.25) is 5.02 Å². The van der Waals surface area contributed by atoms with Crippen LogP contribution in [0.4, 0.5) is 0 Å². The van der Waals surface area contributed by atoms with E-state index in [-0.39, 0.29) is 6.04 Å². The average Bonchev–Trinajstić information content (AvgIpc) is 2.68. The van der Waals surface area contributed by atoms with E-state index in [9.17, 15) is 0 Å². The second kappa shape index (κ2) is 5.50. The van der Waals surface area contributed by atoms with Crippen LogP contribution in [0.25, 0.3) is 0 Å². The number of hydrogen-bond donors (Lipinski definition) is 1. The van der Waals surface area contributed by atoms with Crippen LogP contribution in [0, 0.1) is 6.92 Å². The zero-order valence-corrected chi connectivity index (χ0v) is 11.6. The molecule has 1 heterocycles. The van der Waals surface area contributed by atoms with Crippen LogP contribution in [0.15, 0.2) is 24.3 Å². The molecule has 1 atom stereocenters. The van der Waals surface area contributed by atoms with Gasteiger partial charge < -0.3 is 9.88 Å². The van der Waals surface area contributed by atoms with Gasteiger partial charge in [0, 0.05) is 18.1 Å². The Balaban J connectivity index is 1.98. The molecule has 1 N–H and O–H groups in total. The zero-order chi connectivity index (χ0) is 13.1. The minimum atomic E-state index is 0.249. The lowest BCUT2D eigenvalue weighted by Gasteiger charge is -2.14. The Morgan fingerprint density at radius 3 is 2.50 bits per heavy atom. The van der Waals surface area contributed by atoms with Crippen molar-refractivity contribution < 1.29 is 0 Å². The first kappa shape index (κ1) is 13.1. The molecule has 0 radical (unpaired) electrons. The highest BCUT2D eigenvalue weighted by Crippen LogP contribution is 2.16. The zero-order valence-electron chi connectivity index (χ0n) is 10.8.